The molecule has 0 unspecified atom stereocenters. The number of carboxylic acids is 1. The van der Waals surface area contributed by atoms with Crippen LogP contribution in [-0.4, -0.2) is 35.0 Å². The lowest BCUT2D eigenvalue weighted by Crippen LogP contribution is -2.40. The monoisotopic (exact) mass is 566 g/mol. The molecule has 1 saturated heterocycles. The number of urea groups is 1. The number of amides is 2. The molecule has 0 saturated carbocycles. The Bertz CT molecular complexity index is 1480. The molecule has 1 aliphatic rings. The number of benzene rings is 3. The predicted octanol–water partition coefficient (Wildman–Crippen LogP) is 6.40. The summed E-state index contributed by atoms with van der Waals surface area (Å²) in [5, 5.41) is 15.2. The molecular formula is C29H23F3N3O4S-. The number of thiazole rings is 1. The molecule has 4 aromatic rings. The Hall–Kier alpha value is -4.38. The van der Waals surface area contributed by atoms with E-state index in [2.05, 4.69) is 10.3 Å². The molecular weight excluding hydrogens is 543 g/mol. The van der Waals surface area contributed by atoms with Gasteiger partial charge in [-0.05, 0) is 73.5 Å². The van der Waals surface area contributed by atoms with E-state index in [-0.39, 0.29) is 16.5 Å². The summed E-state index contributed by atoms with van der Waals surface area (Å²) < 4.78 is 44.1. The third kappa shape index (κ3) is 6.26. The second-order valence-electron chi connectivity index (χ2n) is 9.22. The SMILES string of the molecule is O=C([O-])c1sc(C2CCN(C(=O)Nc3ccc(C(F)(F)F)cc3)CC2)nc1-c1ccc(Oc2ccccc2)cc1. The molecule has 1 N–H and O–H groups in total. The number of halogens is 3. The Kier molecular flexibility index (Phi) is 7.74. The summed E-state index contributed by atoms with van der Waals surface area (Å²) in [5.74, 6) is -0.0762. The highest BCUT2D eigenvalue weighted by molar-refractivity contribution is 7.14. The Morgan fingerprint density at radius 3 is 2.15 bits per heavy atom. The van der Waals surface area contributed by atoms with Gasteiger partial charge in [-0.2, -0.15) is 13.2 Å². The number of nitrogens with one attached hydrogen (secondary N) is 1. The van der Waals surface area contributed by atoms with Gasteiger partial charge in [-0.3, -0.25) is 0 Å². The zero-order valence-corrected chi connectivity index (χ0v) is 21.8. The first-order valence-corrected chi connectivity index (χ1v) is 13.3. The number of piperidine rings is 1. The quantitative estimate of drug-likeness (QED) is 0.292. The van der Waals surface area contributed by atoms with Gasteiger partial charge in [-0.15, -0.1) is 11.3 Å². The van der Waals surface area contributed by atoms with Crippen LogP contribution in [0.2, 0.25) is 0 Å². The second kappa shape index (κ2) is 11.4. The number of aromatic nitrogens is 1. The van der Waals surface area contributed by atoms with Crippen molar-refractivity contribution in [2.24, 2.45) is 0 Å². The molecule has 40 heavy (non-hydrogen) atoms. The van der Waals surface area contributed by atoms with Gasteiger partial charge < -0.3 is 24.9 Å². The lowest BCUT2D eigenvalue weighted by Gasteiger charge is -2.31. The van der Waals surface area contributed by atoms with E-state index in [1.165, 1.54) is 12.1 Å². The average Bonchev–Trinajstić information content (AvgIpc) is 3.40. The van der Waals surface area contributed by atoms with E-state index in [1.807, 2.05) is 30.3 Å². The number of rotatable bonds is 6. The number of carbonyl (C=O) groups excluding carboxylic acids is 2. The molecule has 5 rings (SSSR count). The van der Waals surface area contributed by atoms with Crippen LogP contribution in [0.25, 0.3) is 11.3 Å². The van der Waals surface area contributed by atoms with Crippen molar-refractivity contribution in [1.29, 1.82) is 0 Å². The van der Waals surface area contributed by atoms with Gasteiger partial charge in [0.15, 0.2) is 0 Å². The highest BCUT2D eigenvalue weighted by Gasteiger charge is 2.30. The van der Waals surface area contributed by atoms with Gasteiger partial charge in [0.25, 0.3) is 0 Å². The van der Waals surface area contributed by atoms with Gasteiger partial charge in [0.2, 0.25) is 0 Å². The van der Waals surface area contributed by atoms with E-state index in [0.717, 1.165) is 23.5 Å². The number of aromatic carboxylic acids is 1. The van der Waals surface area contributed by atoms with E-state index in [0.29, 0.717) is 53.7 Å². The predicted molar refractivity (Wildman–Crippen MR) is 142 cm³/mol. The van der Waals surface area contributed by atoms with Gasteiger partial charge in [0, 0.05) is 30.3 Å². The maximum Gasteiger partial charge on any atom is 0.416 e. The summed E-state index contributed by atoms with van der Waals surface area (Å²) in [6, 6.07) is 20.1. The van der Waals surface area contributed by atoms with Crippen molar-refractivity contribution in [2.45, 2.75) is 24.9 Å². The average molecular weight is 567 g/mol. The Balaban J connectivity index is 1.23. The molecule has 7 nitrogen and oxygen atoms in total. The fourth-order valence-corrected chi connectivity index (χ4v) is 5.52. The minimum absolute atomic E-state index is 0.0363. The summed E-state index contributed by atoms with van der Waals surface area (Å²) in [4.78, 5) is 30.8. The number of nitrogens with zero attached hydrogens (tertiary/aromatic N) is 2. The molecule has 0 spiro atoms. The van der Waals surface area contributed by atoms with E-state index in [1.54, 1.807) is 29.2 Å². The van der Waals surface area contributed by atoms with Crippen LogP contribution in [0.5, 0.6) is 11.5 Å². The first-order chi connectivity index (χ1) is 19.2. The number of hydrogen-bond acceptors (Lipinski definition) is 6. The van der Waals surface area contributed by atoms with Crippen molar-refractivity contribution in [2.75, 3.05) is 18.4 Å². The van der Waals surface area contributed by atoms with E-state index < -0.39 is 23.7 Å². The third-order valence-corrected chi connectivity index (χ3v) is 7.73. The fourth-order valence-electron chi connectivity index (χ4n) is 4.43. The van der Waals surface area contributed by atoms with E-state index >= 15 is 0 Å². The van der Waals surface area contributed by atoms with Crippen LogP contribution in [0.1, 0.15) is 39.0 Å². The summed E-state index contributed by atoms with van der Waals surface area (Å²) in [6.45, 7) is 0.774. The van der Waals surface area contributed by atoms with Gasteiger partial charge in [-0.25, -0.2) is 9.78 Å². The van der Waals surface area contributed by atoms with Crippen molar-refractivity contribution in [3.8, 4) is 22.8 Å². The van der Waals surface area contributed by atoms with Gasteiger partial charge in [0.1, 0.15) is 11.5 Å². The van der Waals surface area contributed by atoms with Crippen LogP contribution in [-0.2, 0) is 6.18 Å². The number of carbonyl (C=O) groups is 2. The summed E-state index contributed by atoms with van der Waals surface area (Å²) in [5.41, 5.74) is 0.425. The smallest absolute Gasteiger partial charge is 0.416 e. The maximum absolute atomic E-state index is 12.8. The Labute approximate surface area is 231 Å². The molecule has 0 aliphatic carbocycles. The normalized spacial score (nSPS) is 14.1. The standard InChI is InChI=1S/C29H24F3N3O4S/c30-29(31,32)20-8-10-21(11-9-20)33-28(38)35-16-14-19(15-17-35)26-34-24(25(40-26)27(36)37)18-6-12-23(13-7-18)39-22-4-2-1-3-5-22/h1-13,19H,14-17H2,(H,33,38)(H,36,37)/p-1. The van der Waals surface area contributed by atoms with Crippen LogP contribution in [0.15, 0.2) is 78.9 Å². The lowest BCUT2D eigenvalue weighted by atomic mass is 9.97. The molecule has 1 aromatic heterocycles. The number of anilines is 1. The summed E-state index contributed by atoms with van der Waals surface area (Å²) in [6.07, 6.45) is -3.33. The van der Waals surface area contributed by atoms with Crippen molar-refractivity contribution in [1.82, 2.24) is 9.88 Å². The van der Waals surface area contributed by atoms with Crippen molar-refractivity contribution < 1.29 is 32.6 Å². The molecule has 1 aliphatic heterocycles. The van der Waals surface area contributed by atoms with Crippen molar-refractivity contribution >= 4 is 29.0 Å². The number of hydrogen-bond donors (Lipinski definition) is 1. The largest absolute Gasteiger partial charge is 0.544 e. The first-order valence-electron chi connectivity index (χ1n) is 12.5. The number of likely N-dealkylation sites (tertiary alicyclic amines) is 1. The van der Waals surface area contributed by atoms with Crippen LogP contribution >= 0.6 is 11.3 Å². The molecule has 1 fully saturated rings. The van der Waals surface area contributed by atoms with Gasteiger partial charge >= 0.3 is 12.2 Å². The first kappa shape index (κ1) is 27.2. The van der Waals surface area contributed by atoms with Crippen molar-refractivity contribution in [3.63, 3.8) is 0 Å². The molecule has 206 valence electrons. The van der Waals surface area contributed by atoms with E-state index in [4.69, 9.17) is 4.74 Å². The van der Waals surface area contributed by atoms with Crippen LogP contribution in [0.3, 0.4) is 0 Å². The molecule has 11 heteroatoms. The summed E-state index contributed by atoms with van der Waals surface area (Å²) in [7, 11) is 0. The van der Waals surface area contributed by atoms with E-state index in [9.17, 15) is 27.9 Å². The molecule has 2 heterocycles. The maximum atomic E-state index is 12.8. The van der Waals surface area contributed by atoms with Crippen LogP contribution < -0.4 is 15.2 Å². The minimum Gasteiger partial charge on any atom is -0.544 e. The van der Waals surface area contributed by atoms with Crippen LogP contribution in [0, 0.1) is 0 Å². The van der Waals surface area contributed by atoms with Gasteiger partial charge in [0.05, 0.1) is 27.1 Å². The molecule has 0 atom stereocenters. The summed E-state index contributed by atoms with van der Waals surface area (Å²) >= 11 is 1.08. The van der Waals surface area contributed by atoms with Crippen LogP contribution in [0.4, 0.5) is 23.7 Å². The number of alkyl halides is 3. The zero-order valence-electron chi connectivity index (χ0n) is 21.0. The minimum atomic E-state index is -4.45. The highest BCUT2D eigenvalue weighted by Crippen LogP contribution is 2.37. The third-order valence-electron chi connectivity index (χ3n) is 6.53. The van der Waals surface area contributed by atoms with Crippen molar-refractivity contribution in [3.05, 3.63) is 94.3 Å². The van der Waals surface area contributed by atoms with Gasteiger partial charge in [-0.1, -0.05) is 18.2 Å². The second-order valence-corrected chi connectivity index (χ2v) is 10.3. The molecule has 3 aromatic carbocycles. The molecule has 0 radical (unpaired) electrons. The Morgan fingerprint density at radius 1 is 0.925 bits per heavy atom. The molecule has 0 bridgehead atoms. The topological polar surface area (TPSA) is 94.6 Å². The number of carboxylic acid groups (broad SMARTS) is 1. The lowest BCUT2D eigenvalue weighted by molar-refractivity contribution is -0.254. The Morgan fingerprint density at radius 2 is 1.55 bits per heavy atom. The number of para-hydroxylation sites is 1. The zero-order chi connectivity index (χ0) is 28.3. The highest BCUT2D eigenvalue weighted by atomic mass is 32.1. The fraction of sp³-hybridized carbons (Fsp3) is 0.207. The number of ether oxygens (including phenoxy) is 1. The molecule has 2 amide bonds.